The second kappa shape index (κ2) is 8.43. The van der Waals surface area contributed by atoms with E-state index in [9.17, 15) is 22.0 Å². The van der Waals surface area contributed by atoms with Crippen molar-refractivity contribution in [2.75, 3.05) is 10.0 Å². The standard InChI is InChI=1S/C23H18F2N2O4S/c1-14-2-8-19-15(13-31-22(19)10-14)11-23(28)26-16-3-5-17(6-4-16)27-32(29,30)18-7-9-20(24)21(25)12-18/h2-10,12-13,27H,11H2,1H3,(H,26,28). The van der Waals surface area contributed by atoms with Gasteiger partial charge in [-0.15, -0.1) is 0 Å². The zero-order chi connectivity index (χ0) is 22.9. The average molecular weight is 456 g/mol. The quantitative estimate of drug-likeness (QED) is 0.427. The smallest absolute Gasteiger partial charge is 0.261 e. The predicted octanol–water partition coefficient (Wildman–Crippen LogP) is 5.00. The maximum Gasteiger partial charge on any atom is 0.261 e. The minimum atomic E-state index is -4.10. The highest BCUT2D eigenvalue weighted by Gasteiger charge is 2.17. The van der Waals surface area contributed by atoms with Crippen LogP contribution in [0.2, 0.25) is 0 Å². The molecular weight excluding hydrogens is 438 g/mol. The number of carbonyl (C=O) groups excluding carboxylic acids is 1. The molecule has 3 aromatic carbocycles. The van der Waals surface area contributed by atoms with E-state index in [1.807, 2.05) is 25.1 Å². The number of hydrogen-bond acceptors (Lipinski definition) is 4. The van der Waals surface area contributed by atoms with Gasteiger partial charge in [-0.1, -0.05) is 12.1 Å². The van der Waals surface area contributed by atoms with Crippen LogP contribution >= 0.6 is 0 Å². The van der Waals surface area contributed by atoms with E-state index in [-0.39, 0.29) is 18.0 Å². The molecule has 32 heavy (non-hydrogen) atoms. The highest BCUT2D eigenvalue weighted by molar-refractivity contribution is 7.92. The number of aryl methyl sites for hydroxylation is 1. The van der Waals surface area contributed by atoms with Crippen molar-refractivity contribution in [2.24, 2.45) is 0 Å². The summed E-state index contributed by atoms with van der Waals surface area (Å²) < 4.78 is 58.9. The summed E-state index contributed by atoms with van der Waals surface area (Å²) in [5.74, 6) is -2.66. The molecule has 9 heteroatoms. The molecular formula is C23H18F2N2O4S. The van der Waals surface area contributed by atoms with Gasteiger partial charge in [-0.3, -0.25) is 9.52 Å². The number of sulfonamides is 1. The lowest BCUT2D eigenvalue weighted by Crippen LogP contribution is -2.15. The number of amides is 1. The van der Waals surface area contributed by atoms with Crippen LogP contribution in [0, 0.1) is 18.6 Å². The molecule has 1 aromatic heterocycles. The highest BCUT2D eigenvalue weighted by Crippen LogP contribution is 2.24. The van der Waals surface area contributed by atoms with Gasteiger partial charge < -0.3 is 9.73 Å². The van der Waals surface area contributed by atoms with Crippen LogP contribution in [0.3, 0.4) is 0 Å². The summed E-state index contributed by atoms with van der Waals surface area (Å²) >= 11 is 0. The number of carbonyl (C=O) groups is 1. The van der Waals surface area contributed by atoms with E-state index in [0.29, 0.717) is 17.3 Å². The van der Waals surface area contributed by atoms with E-state index in [1.165, 1.54) is 24.3 Å². The largest absolute Gasteiger partial charge is 0.464 e. The molecule has 0 bridgehead atoms. The van der Waals surface area contributed by atoms with Gasteiger partial charge in [0.15, 0.2) is 11.6 Å². The van der Waals surface area contributed by atoms with Crippen molar-refractivity contribution in [1.29, 1.82) is 0 Å². The van der Waals surface area contributed by atoms with Crippen LogP contribution in [0.25, 0.3) is 11.0 Å². The number of fused-ring (bicyclic) bond motifs is 1. The average Bonchev–Trinajstić information content (AvgIpc) is 3.12. The van der Waals surface area contributed by atoms with E-state index >= 15 is 0 Å². The monoisotopic (exact) mass is 456 g/mol. The van der Waals surface area contributed by atoms with Crippen molar-refractivity contribution in [3.63, 3.8) is 0 Å². The van der Waals surface area contributed by atoms with Crippen molar-refractivity contribution in [3.05, 3.63) is 89.7 Å². The fourth-order valence-electron chi connectivity index (χ4n) is 3.19. The number of halogens is 2. The van der Waals surface area contributed by atoms with Crippen LogP contribution < -0.4 is 10.0 Å². The lowest BCUT2D eigenvalue weighted by atomic mass is 10.1. The van der Waals surface area contributed by atoms with Gasteiger partial charge in [-0.2, -0.15) is 0 Å². The Hall–Kier alpha value is -3.72. The zero-order valence-corrected chi connectivity index (χ0v) is 17.7. The third-order valence-corrected chi connectivity index (χ3v) is 6.16. The van der Waals surface area contributed by atoms with Crippen molar-refractivity contribution in [1.82, 2.24) is 0 Å². The first-order chi connectivity index (χ1) is 15.2. The molecule has 4 aromatic rings. The number of benzene rings is 3. The number of hydrogen-bond donors (Lipinski definition) is 2. The second-order valence-corrected chi connectivity index (χ2v) is 8.93. The molecule has 0 unspecified atom stereocenters. The lowest BCUT2D eigenvalue weighted by molar-refractivity contribution is -0.115. The van der Waals surface area contributed by atoms with Crippen LogP contribution in [0.1, 0.15) is 11.1 Å². The minimum Gasteiger partial charge on any atom is -0.464 e. The second-order valence-electron chi connectivity index (χ2n) is 7.24. The fraction of sp³-hybridized carbons (Fsp3) is 0.0870. The van der Waals surface area contributed by atoms with Crippen LogP contribution in [0.15, 0.2) is 76.2 Å². The Bertz CT molecular complexity index is 1410. The van der Waals surface area contributed by atoms with E-state index in [2.05, 4.69) is 10.0 Å². The summed E-state index contributed by atoms with van der Waals surface area (Å²) in [7, 11) is -4.10. The number of nitrogens with one attached hydrogen (secondary N) is 2. The van der Waals surface area contributed by atoms with Gasteiger partial charge in [0.1, 0.15) is 5.58 Å². The molecule has 6 nitrogen and oxygen atoms in total. The Morgan fingerprint density at radius 2 is 1.66 bits per heavy atom. The third kappa shape index (κ3) is 4.62. The Labute approximate surface area is 182 Å². The van der Waals surface area contributed by atoms with E-state index in [4.69, 9.17) is 4.42 Å². The Balaban J connectivity index is 1.42. The van der Waals surface area contributed by atoms with Crippen molar-refractivity contribution in [2.45, 2.75) is 18.2 Å². The SMILES string of the molecule is Cc1ccc2c(CC(=O)Nc3ccc(NS(=O)(=O)c4ccc(F)c(F)c4)cc3)coc2c1. The normalized spacial score (nSPS) is 11.5. The summed E-state index contributed by atoms with van der Waals surface area (Å²) in [6.45, 7) is 1.95. The molecule has 0 aliphatic heterocycles. The Morgan fingerprint density at radius 3 is 2.38 bits per heavy atom. The van der Waals surface area contributed by atoms with Gasteiger partial charge in [0.05, 0.1) is 17.6 Å². The number of anilines is 2. The lowest BCUT2D eigenvalue weighted by Gasteiger charge is -2.10. The van der Waals surface area contributed by atoms with Crippen LogP contribution in [0.4, 0.5) is 20.2 Å². The minimum absolute atomic E-state index is 0.112. The molecule has 0 spiro atoms. The molecule has 1 heterocycles. The predicted molar refractivity (Wildman–Crippen MR) is 117 cm³/mol. The van der Waals surface area contributed by atoms with Crippen molar-refractivity contribution >= 4 is 38.3 Å². The van der Waals surface area contributed by atoms with Crippen molar-refractivity contribution < 1.29 is 26.4 Å². The highest BCUT2D eigenvalue weighted by atomic mass is 32.2. The van der Waals surface area contributed by atoms with Gasteiger partial charge in [-0.05, 0) is 61.0 Å². The molecule has 0 fully saturated rings. The molecule has 0 radical (unpaired) electrons. The topological polar surface area (TPSA) is 88.4 Å². The van der Waals surface area contributed by atoms with Gasteiger partial charge in [0, 0.05) is 22.3 Å². The van der Waals surface area contributed by atoms with Crippen LogP contribution in [0.5, 0.6) is 0 Å². The van der Waals surface area contributed by atoms with E-state index < -0.39 is 26.6 Å². The van der Waals surface area contributed by atoms with Gasteiger partial charge in [0.25, 0.3) is 10.0 Å². The third-order valence-electron chi connectivity index (χ3n) is 4.78. The number of rotatable bonds is 6. The zero-order valence-electron chi connectivity index (χ0n) is 16.9. The first-order valence-corrected chi connectivity index (χ1v) is 11.0. The first-order valence-electron chi connectivity index (χ1n) is 9.56. The molecule has 0 atom stereocenters. The molecule has 0 saturated heterocycles. The van der Waals surface area contributed by atoms with Crippen LogP contribution in [-0.2, 0) is 21.2 Å². The summed E-state index contributed by atoms with van der Waals surface area (Å²) in [6, 6.07) is 14.0. The molecule has 0 aliphatic rings. The fourth-order valence-corrected chi connectivity index (χ4v) is 4.26. The first kappa shape index (κ1) is 21.5. The van der Waals surface area contributed by atoms with E-state index in [0.717, 1.165) is 28.6 Å². The van der Waals surface area contributed by atoms with Gasteiger partial charge in [-0.25, -0.2) is 17.2 Å². The maximum atomic E-state index is 13.3. The molecule has 0 aliphatic carbocycles. The molecule has 0 saturated carbocycles. The maximum absolute atomic E-state index is 13.3. The summed E-state index contributed by atoms with van der Waals surface area (Å²) in [6.07, 6.45) is 1.67. The van der Waals surface area contributed by atoms with Gasteiger partial charge in [0.2, 0.25) is 5.91 Å². The molecule has 2 N–H and O–H groups in total. The van der Waals surface area contributed by atoms with Gasteiger partial charge >= 0.3 is 0 Å². The Morgan fingerprint density at radius 1 is 0.938 bits per heavy atom. The van der Waals surface area contributed by atoms with Crippen molar-refractivity contribution in [3.8, 4) is 0 Å². The summed E-state index contributed by atoms with van der Waals surface area (Å²) in [4.78, 5) is 12.0. The Kier molecular flexibility index (Phi) is 5.67. The molecule has 164 valence electrons. The molecule has 4 rings (SSSR count). The van der Waals surface area contributed by atoms with Crippen LogP contribution in [-0.4, -0.2) is 14.3 Å². The summed E-state index contributed by atoms with van der Waals surface area (Å²) in [5.41, 5.74) is 3.19. The van der Waals surface area contributed by atoms with E-state index in [1.54, 1.807) is 6.26 Å². The molecule has 1 amide bonds. The summed E-state index contributed by atoms with van der Waals surface area (Å²) in [5, 5.41) is 3.61. The number of furan rings is 1.